The molecule has 0 aromatic rings. The van der Waals surface area contributed by atoms with Crippen LogP contribution in [0.2, 0.25) is 0 Å². The molecule has 2 heterocycles. The standard InChI is InChI=1S/C12H16N2O2/c1-13-6-5-9(7-12(13)16)10-3-4-11(15)14(2)8-10/h3-6,9-10H,7-8H2,1-2H3/t9-,10+/m0/s1. The molecule has 4 heteroatoms. The molecule has 0 N–H and O–H groups in total. The molecule has 0 aromatic carbocycles. The van der Waals surface area contributed by atoms with E-state index in [1.54, 1.807) is 30.0 Å². The van der Waals surface area contributed by atoms with Crippen molar-refractivity contribution < 1.29 is 9.59 Å². The fourth-order valence-corrected chi connectivity index (χ4v) is 2.11. The zero-order valence-electron chi connectivity index (χ0n) is 9.59. The van der Waals surface area contributed by atoms with Gasteiger partial charge >= 0.3 is 0 Å². The van der Waals surface area contributed by atoms with Crippen molar-refractivity contribution in [1.29, 1.82) is 0 Å². The smallest absolute Gasteiger partial charge is 0.246 e. The summed E-state index contributed by atoms with van der Waals surface area (Å²) in [6, 6.07) is 0. The highest BCUT2D eigenvalue weighted by atomic mass is 16.2. The fourth-order valence-electron chi connectivity index (χ4n) is 2.11. The maximum Gasteiger partial charge on any atom is 0.246 e. The fraction of sp³-hybridized carbons (Fsp3) is 0.500. The van der Waals surface area contributed by atoms with Crippen molar-refractivity contribution in [2.75, 3.05) is 20.6 Å². The summed E-state index contributed by atoms with van der Waals surface area (Å²) in [5, 5.41) is 0. The Bertz CT molecular complexity index is 373. The number of carbonyl (C=O) groups is 2. The van der Waals surface area contributed by atoms with Crippen LogP contribution in [0.4, 0.5) is 0 Å². The zero-order valence-corrected chi connectivity index (χ0v) is 9.59. The number of hydrogen-bond donors (Lipinski definition) is 0. The topological polar surface area (TPSA) is 40.6 Å². The van der Waals surface area contributed by atoms with E-state index in [1.165, 1.54) is 0 Å². The molecule has 0 radical (unpaired) electrons. The number of hydrogen-bond acceptors (Lipinski definition) is 2. The lowest BCUT2D eigenvalue weighted by molar-refractivity contribution is -0.129. The van der Waals surface area contributed by atoms with Crippen LogP contribution in [0.3, 0.4) is 0 Å². The Morgan fingerprint density at radius 3 is 2.56 bits per heavy atom. The Hall–Kier alpha value is -1.58. The first-order valence-corrected chi connectivity index (χ1v) is 5.45. The van der Waals surface area contributed by atoms with E-state index in [-0.39, 0.29) is 23.7 Å². The second-order valence-electron chi connectivity index (χ2n) is 4.46. The Balaban J connectivity index is 2.10. The SMILES string of the molecule is CN1C=C[C@H]([C@@H]2C=CC(=O)N(C)C2)CC1=O. The maximum absolute atomic E-state index is 11.6. The summed E-state index contributed by atoms with van der Waals surface area (Å²) >= 11 is 0. The molecular formula is C12H16N2O2. The van der Waals surface area contributed by atoms with Crippen molar-refractivity contribution in [3.8, 4) is 0 Å². The van der Waals surface area contributed by atoms with E-state index in [0.717, 1.165) is 0 Å². The van der Waals surface area contributed by atoms with E-state index in [0.29, 0.717) is 13.0 Å². The lowest BCUT2D eigenvalue weighted by Crippen LogP contribution is -2.38. The molecule has 0 aliphatic carbocycles. The number of rotatable bonds is 1. The van der Waals surface area contributed by atoms with Gasteiger partial charge in [-0.15, -0.1) is 0 Å². The average molecular weight is 220 g/mol. The largest absolute Gasteiger partial charge is 0.342 e. The van der Waals surface area contributed by atoms with E-state index < -0.39 is 0 Å². The van der Waals surface area contributed by atoms with Gasteiger partial charge in [0.15, 0.2) is 0 Å². The van der Waals surface area contributed by atoms with Gasteiger partial charge in [0.05, 0.1) is 0 Å². The summed E-state index contributed by atoms with van der Waals surface area (Å²) in [5.74, 6) is 0.659. The summed E-state index contributed by atoms with van der Waals surface area (Å²) in [6.45, 7) is 0.696. The molecule has 2 rings (SSSR count). The Morgan fingerprint density at radius 1 is 1.19 bits per heavy atom. The molecule has 0 aromatic heterocycles. The molecule has 16 heavy (non-hydrogen) atoms. The van der Waals surface area contributed by atoms with Gasteiger partial charge < -0.3 is 9.80 Å². The van der Waals surface area contributed by atoms with Crippen LogP contribution in [0.15, 0.2) is 24.4 Å². The minimum Gasteiger partial charge on any atom is -0.342 e. The summed E-state index contributed by atoms with van der Waals surface area (Å²) in [5.41, 5.74) is 0. The number of allylic oxidation sites excluding steroid dienone is 1. The summed E-state index contributed by atoms with van der Waals surface area (Å²) in [6.07, 6.45) is 7.94. The normalized spacial score (nSPS) is 30.1. The van der Waals surface area contributed by atoms with Crippen molar-refractivity contribution in [1.82, 2.24) is 9.80 Å². The molecule has 0 saturated carbocycles. The summed E-state index contributed by atoms with van der Waals surface area (Å²) in [7, 11) is 3.56. The van der Waals surface area contributed by atoms with Crippen molar-refractivity contribution in [3.63, 3.8) is 0 Å². The lowest BCUT2D eigenvalue weighted by Gasteiger charge is -2.32. The minimum atomic E-state index is 0.0412. The zero-order chi connectivity index (χ0) is 11.7. The number of carbonyl (C=O) groups excluding carboxylic acids is 2. The number of nitrogens with zero attached hydrogens (tertiary/aromatic N) is 2. The highest BCUT2D eigenvalue weighted by molar-refractivity contribution is 5.88. The van der Waals surface area contributed by atoms with E-state index in [1.807, 2.05) is 12.3 Å². The quantitative estimate of drug-likeness (QED) is 0.650. The van der Waals surface area contributed by atoms with E-state index in [2.05, 4.69) is 6.08 Å². The molecule has 2 atom stereocenters. The van der Waals surface area contributed by atoms with Crippen LogP contribution in [0.1, 0.15) is 6.42 Å². The first-order chi connectivity index (χ1) is 7.58. The van der Waals surface area contributed by atoms with Crippen molar-refractivity contribution >= 4 is 11.8 Å². The molecule has 0 spiro atoms. The van der Waals surface area contributed by atoms with Crippen LogP contribution >= 0.6 is 0 Å². The van der Waals surface area contributed by atoms with Gasteiger partial charge in [0.2, 0.25) is 11.8 Å². The third-order valence-corrected chi connectivity index (χ3v) is 3.26. The molecule has 86 valence electrons. The summed E-state index contributed by atoms with van der Waals surface area (Å²) < 4.78 is 0. The van der Waals surface area contributed by atoms with Crippen molar-refractivity contribution in [2.24, 2.45) is 11.8 Å². The van der Waals surface area contributed by atoms with Gasteiger partial charge in [-0.3, -0.25) is 9.59 Å². The lowest BCUT2D eigenvalue weighted by atomic mass is 9.85. The van der Waals surface area contributed by atoms with Gasteiger partial charge in [0, 0.05) is 39.2 Å². The molecule has 4 nitrogen and oxygen atoms in total. The number of amides is 2. The van der Waals surface area contributed by atoms with E-state index >= 15 is 0 Å². The maximum atomic E-state index is 11.6. The first-order valence-electron chi connectivity index (χ1n) is 5.45. The van der Waals surface area contributed by atoms with Crippen LogP contribution < -0.4 is 0 Å². The summed E-state index contributed by atoms with van der Waals surface area (Å²) in [4.78, 5) is 26.2. The van der Waals surface area contributed by atoms with Crippen LogP contribution in [0.5, 0.6) is 0 Å². The Kier molecular flexibility index (Phi) is 2.81. The highest BCUT2D eigenvalue weighted by Gasteiger charge is 2.28. The van der Waals surface area contributed by atoms with Gasteiger partial charge in [0.25, 0.3) is 0 Å². The van der Waals surface area contributed by atoms with E-state index in [4.69, 9.17) is 0 Å². The van der Waals surface area contributed by atoms with E-state index in [9.17, 15) is 9.59 Å². The second kappa shape index (κ2) is 4.12. The van der Waals surface area contributed by atoms with Gasteiger partial charge in [0.1, 0.15) is 0 Å². The molecule has 2 aliphatic heterocycles. The third-order valence-electron chi connectivity index (χ3n) is 3.26. The highest BCUT2D eigenvalue weighted by Crippen LogP contribution is 2.26. The van der Waals surface area contributed by atoms with Gasteiger partial charge in [-0.25, -0.2) is 0 Å². The van der Waals surface area contributed by atoms with Gasteiger partial charge in [-0.05, 0) is 12.0 Å². The predicted molar refractivity (Wildman–Crippen MR) is 60.3 cm³/mol. The molecular weight excluding hydrogens is 204 g/mol. The molecule has 0 saturated heterocycles. The minimum absolute atomic E-state index is 0.0412. The van der Waals surface area contributed by atoms with Crippen LogP contribution in [0.25, 0.3) is 0 Å². The Morgan fingerprint density at radius 2 is 1.94 bits per heavy atom. The number of likely N-dealkylation sites (N-methyl/N-ethyl adjacent to an activating group) is 1. The molecule has 0 fully saturated rings. The average Bonchev–Trinajstić information content (AvgIpc) is 2.26. The molecule has 2 aliphatic rings. The molecule has 0 bridgehead atoms. The Labute approximate surface area is 95.2 Å². The second-order valence-corrected chi connectivity index (χ2v) is 4.46. The van der Waals surface area contributed by atoms with Crippen LogP contribution in [-0.2, 0) is 9.59 Å². The molecule has 0 unspecified atom stereocenters. The molecule has 2 amide bonds. The third kappa shape index (κ3) is 2.01. The van der Waals surface area contributed by atoms with Crippen LogP contribution in [0, 0.1) is 11.8 Å². The van der Waals surface area contributed by atoms with Crippen molar-refractivity contribution in [3.05, 3.63) is 24.4 Å². The van der Waals surface area contributed by atoms with Crippen molar-refractivity contribution in [2.45, 2.75) is 6.42 Å². The monoisotopic (exact) mass is 220 g/mol. The first kappa shape index (κ1) is 10.9. The predicted octanol–water partition coefficient (Wildman–Crippen LogP) is 0.623. The van der Waals surface area contributed by atoms with Gasteiger partial charge in [-0.1, -0.05) is 12.2 Å². The van der Waals surface area contributed by atoms with Crippen LogP contribution in [-0.4, -0.2) is 42.3 Å². The van der Waals surface area contributed by atoms with Gasteiger partial charge in [-0.2, -0.15) is 0 Å².